The smallest absolute Gasteiger partial charge is 0.126 e. The first-order valence-corrected chi connectivity index (χ1v) is 4.37. The molecule has 0 radical (unpaired) electrons. The highest BCUT2D eigenvalue weighted by Crippen LogP contribution is 2.34. The minimum Gasteiger partial charge on any atom is -0.381 e. The number of carbonyl (C=O) groups excluding carboxylic acids is 1. The number of hydrogen-bond donors (Lipinski definition) is 0. The molecule has 0 amide bonds. The Labute approximate surface area is 73.6 Å². The number of aldehydes is 1. The molecule has 0 unspecified atom stereocenters. The Morgan fingerprint density at radius 2 is 2.17 bits per heavy atom. The van der Waals surface area contributed by atoms with Crippen LogP contribution in [0.2, 0.25) is 0 Å². The first kappa shape index (κ1) is 9.46. The van der Waals surface area contributed by atoms with Crippen LogP contribution in [0.5, 0.6) is 0 Å². The molecule has 0 bridgehead atoms. The fraction of sp³-hybridized carbons (Fsp3) is 0.700. The van der Waals surface area contributed by atoms with Gasteiger partial charge in [0.2, 0.25) is 0 Å². The molecule has 1 heterocycles. The third kappa shape index (κ3) is 2.18. The van der Waals surface area contributed by atoms with Gasteiger partial charge in [-0.05, 0) is 26.2 Å². The van der Waals surface area contributed by atoms with Crippen LogP contribution in [0.15, 0.2) is 12.2 Å². The van der Waals surface area contributed by atoms with E-state index in [1.807, 2.05) is 6.92 Å². The molecule has 1 aliphatic rings. The summed E-state index contributed by atoms with van der Waals surface area (Å²) in [5.74, 6) is 0. The lowest BCUT2D eigenvalue weighted by atomic mass is 9.77. The van der Waals surface area contributed by atoms with E-state index in [0.717, 1.165) is 31.1 Å². The first-order chi connectivity index (χ1) is 5.68. The van der Waals surface area contributed by atoms with Gasteiger partial charge in [0.05, 0.1) is 0 Å². The largest absolute Gasteiger partial charge is 0.381 e. The lowest BCUT2D eigenvalue weighted by molar-refractivity contribution is -0.121. The third-order valence-corrected chi connectivity index (χ3v) is 2.39. The second-order valence-corrected chi connectivity index (χ2v) is 3.73. The number of hydrogen-bond acceptors (Lipinski definition) is 2. The maximum absolute atomic E-state index is 10.9. The zero-order chi connectivity index (χ0) is 9.03. The molecular weight excluding hydrogens is 152 g/mol. The Bertz CT molecular complexity index is 178. The normalized spacial score (nSPS) is 21.8. The van der Waals surface area contributed by atoms with Gasteiger partial charge < -0.3 is 9.53 Å². The molecular formula is C10H16O2. The standard InChI is InChI=1S/C10H16O2/c1-9(2)7-10(8-11)3-5-12-6-4-10/h8H,1,3-7H2,2H3. The topological polar surface area (TPSA) is 26.3 Å². The molecule has 12 heavy (non-hydrogen) atoms. The fourth-order valence-corrected chi connectivity index (χ4v) is 1.72. The number of carbonyl (C=O) groups is 1. The predicted octanol–water partition coefficient (Wildman–Crippen LogP) is 1.95. The highest BCUT2D eigenvalue weighted by molar-refractivity contribution is 5.60. The molecule has 2 nitrogen and oxygen atoms in total. The minimum absolute atomic E-state index is 0.163. The van der Waals surface area contributed by atoms with Gasteiger partial charge in [-0.2, -0.15) is 0 Å². The monoisotopic (exact) mass is 168 g/mol. The van der Waals surface area contributed by atoms with Crippen LogP contribution in [0.25, 0.3) is 0 Å². The molecule has 0 aliphatic carbocycles. The van der Waals surface area contributed by atoms with Gasteiger partial charge in [-0.15, -0.1) is 6.58 Å². The first-order valence-electron chi connectivity index (χ1n) is 4.37. The molecule has 68 valence electrons. The molecule has 0 aromatic rings. The quantitative estimate of drug-likeness (QED) is 0.475. The molecule has 0 spiro atoms. The highest BCUT2D eigenvalue weighted by atomic mass is 16.5. The average Bonchev–Trinajstić information content (AvgIpc) is 2.05. The molecule has 1 saturated heterocycles. The van der Waals surface area contributed by atoms with Crippen molar-refractivity contribution in [2.45, 2.75) is 26.2 Å². The van der Waals surface area contributed by atoms with E-state index in [0.29, 0.717) is 13.2 Å². The van der Waals surface area contributed by atoms with Crippen LogP contribution in [0.1, 0.15) is 26.2 Å². The minimum atomic E-state index is -0.163. The maximum Gasteiger partial charge on any atom is 0.126 e. The van der Waals surface area contributed by atoms with Gasteiger partial charge in [-0.25, -0.2) is 0 Å². The molecule has 0 N–H and O–H groups in total. The van der Waals surface area contributed by atoms with E-state index in [-0.39, 0.29) is 5.41 Å². The van der Waals surface area contributed by atoms with Crippen molar-refractivity contribution in [3.05, 3.63) is 12.2 Å². The zero-order valence-electron chi connectivity index (χ0n) is 7.64. The zero-order valence-corrected chi connectivity index (χ0v) is 7.64. The molecule has 0 atom stereocenters. The number of rotatable bonds is 3. The lowest BCUT2D eigenvalue weighted by Crippen LogP contribution is -2.31. The summed E-state index contributed by atoms with van der Waals surface area (Å²) in [6.07, 6.45) is 3.61. The van der Waals surface area contributed by atoms with Crippen molar-refractivity contribution in [1.82, 2.24) is 0 Å². The van der Waals surface area contributed by atoms with Crippen molar-refractivity contribution in [2.24, 2.45) is 5.41 Å². The van der Waals surface area contributed by atoms with Gasteiger partial charge in [-0.3, -0.25) is 0 Å². The van der Waals surface area contributed by atoms with Crippen molar-refractivity contribution < 1.29 is 9.53 Å². The summed E-state index contributed by atoms with van der Waals surface area (Å²) in [6, 6.07) is 0. The van der Waals surface area contributed by atoms with Crippen LogP contribution < -0.4 is 0 Å². The molecule has 1 fully saturated rings. The second-order valence-electron chi connectivity index (χ2n) is 3.73. The fourth-order valence-electron chi connectivity index (χ4n) is 1.72. The summed E-state index contributed by atoms with van der Waals surface area (Å²) >= 11 is 0. The van der Waals surface area contributed by atoms with Crippen molar-refractivity contribution in [2.75, 3.05) is 13.2 Å². The van der Waals surface area contributed by atoms with Gasteiger partial charge in [0.15, 0.2) is 0 Å². The van der Waals surface area contributed by atoms with Crippen molar-refractivity contribution in [3.63, 3.8) is 0 Å². The van der Waals surface area contributed by atoms with Crippen LogP contribution in [0.3, 0.4) is 0 Å². The van der Waals surface area contributed by atoms with Gasteiger partial charge in [0.1, 0.15) is 6.29 Å². The van der Waals surface area contributed by atoms with Crippen LogP contribution in [0.4, 0.5) is 0 Å². The summed E-state index contributed by atoms with van der Waals surface area (Å²) in [5, 5.41) is 0. The SMILES string of the molecule is C=C(C)CC1(C=O)CCOCC1. The third-order valence-electron chi connectivity index (χ3n) is 2.39. The number of allylic oxidation sites excluding steroid dienone is 1. The van der Waals surface area contributed by atoms with E-state index in [9.17, 15) is 4.79 Å². The van der Waals surface area contributed by atoms with E-state index >= 15 is 0 Å². The predicted molar refractivity (Wildman–Crippen MR) is 48.0 cm³/mol. The van der Waals surface area contributed by atoms with E-state index in [1.54, 1.807) is 0 Å². The summed E-state index contributed by atoms with van der Waals surface area (Å²) in [4.78, 5) is 10.9. The van der Waals surface area contributed by atoms with E-state index in [4.69, 9.17) is 4.74 Å². The summed E-state index contributed by atoms with van der Waals surface area (Å²) in [7, 11) is 0. The van der Waals surface area contributed by atoms with Gasteiger partial charge in [0.25, 0.3) is 0 Å². The van der Waals surface area contributed by atoms with Gasteiger partial charge in [0, 0.05) is 18.6 Å². The molecule has 0 saturated carbocycles. The Hall–Kier alpha value is -0.630. The van der Waals surface area contributed by atoms with Crippen LogP contribution >= 0.6 is 0 Å². The molecule has 2 heteroatoms. The Morgan fingerprint density at radius 1 is 1.58 bits per heavy atom. The van der Waals surface area contributed by atoms with E-state index in [1.165, 1.54) is 0 Å². The van der Waals surface area contributed by atoms with E-state index in [2.05, 4.69) is 6.58 Å². The van der Waals surface area contributed by atoms with Gasteiger partial charge >= 0.3 is 0 Å². The molecule has 1 aliphatic heterocycles. The van der Waals surface area contributed by atoms with Crippen LogP contribution in [-0.4, -0.2) is 19.5 Å². The Kier molecular flexibility index (Phi) is 3.04. The second kappa shape index (κ2) is 3.85. The summed E-state index contributed by atoms with van der Waals surface area (Å²) < 4.78 is 5.22. The summed E-state index contributed by atoms with van der Waals surface area (Å²) in [6.45, 7) is 7.24. The van der Waals surface area contributed by atoms with Crippen molar-refractivity contribution >= 4 is 6.29 Å². The van der Waals surface area contributed by atoms with E-state index < -0.39 is 0 Å². The maximum atomic E-state index is 10.9. The lowest BCUT2D eigenvalue weighted by Gasteiger charge is -2.31. The Morgan fingerprint density at radius 3 is 2.58 bits per heavy atom. The van der Waals surface area contributed by atoms with Gasteiger partial charge in [-0.1, -0.05) is 5.57 Å². The Balaban J connectivity index is 2.59. The summed E-state index contributed by atoms with van der Waals surface area (Å²) in [5.41, 5.74) is 0.924. The van der Waals surface area contributed by atoms with Crippen LogP contribution in [-0.2, 0) is 9.53 Å². The van der Waals surface area contributed by atoms with Crippen molar-refractivity contribution in [3.8, 4) is 0 Å². The molecule has 0 aromatic carbocycles. The highest BCUT2D eigenvalue weighted by Gasteiger charge is 2.31. The number of ether oxygens (including phenoxy) is 1. The van der Waals surface area contributed by atoms with Crippen molar-refractivity contribution in [1.29, 1.82) is 0 Å². The molecule has 0 aromatic heterocycles. The van der Waals surface area contributed by atoms with Crippen LogP contribution in [0, 0.1) is 5.41 Å². The average molecular weight is 168 g/mol. The molecule has 1 rings (SSSR count).